The topological polar surface area (TPSA) is 114 Å². The number of aliphatic imine (C=N–C) groups is 1. The van der Waals surface area contributed by atoms with Crippen LogP contribution in [0.2, 0.25) is 0 Å². The molecular weight excluding hydrogens is 526 g/mol. The summed E-state index contributed by atoms with van der Waals surface area (Å²) >= 11 is 0. The molecule has 5 heterocycles. The lowest BCUT2D eigenvalue weighted by Crippen LogP contribution is -2.35. The third kappa shape index (κ3) is 5.34. The fraction of sp³-hybridized carbons (Fsp3) is 0.448. The van der Waals surface area contributed by atoms with Crippen molar-refractivity contribution in [3.63, 3.8) is 0 Å². The Morgan fingerprint density at radius 3 is 2.77 bits per heavy atom. The largest absolute Gasteiger partial charge is 0.477 e. The number of rotatable bonds is 2. The van der Waals surface area contributed by atoms with Crippen LogP contribution in [0.15, 0.2) is 41.5 Å². The molecule has 3 aliphatic rings. The third-order valence-corrected chi connectivity index (χ3v) is 10.5. The SMILES string of the molecule is Cc1cc2cc(n1)-c1cnn(C)c1OCCCC(C)CN1/C(=N/C2=O)Nc2ccc(N[SH]3(=O)CCCCC3)cc21. The van der Waals surface area contributed by atoms with Gasteiger partial charge in [-0.15, -0.1) is 0 Å². The molecule has 0 spiro atoms. The van der Waals surface area contributed by atoms with E-state index in [2.05, 4.69) is 36.9 Å². The van der Waals surface area contributed by atoms with Gasteiger partial charge in [-0.05, 0) is 79.0 Å². The molecule has 0 aliphatic carbocycles. The van der Waals surface area contributed by atoms with Crippen molar-refractivity contribution in [3.05, 3.63) is 47.8 Å². The third-order valence-electron chi connectivity index (χ3n) is 7.80. The molecule has 1 saturated heterocycles. The molecule has 1 aromatic carbocycles. The summed E-state index contributed by atoms with van der Waals surface area (Å²) in [5.41, 5.74) is 5.18. The van der Waals surface area contributed by atoms with Gasteiger partial charge in [0.05, 0.1) is 35.4 Å². The van der Waals surface area contributed by atoms with Crippen LogP contribution in [0.3, 0.4) is 0 Å². The van der Waals surface area contributed by atoms with E-state index in [1.54, 1.807) is 23.0 Å². The molecule has 3 aliphatic heterocycles. The van der Waals surface area contributed by atoms with Crippen LogP contribution < -0.4 is 19.7 Å². The Labute approximate surface area is 235 Å². The van der Waals surface area contributed by atoms with E-state index in [0.717, 1.165) is 66.2 Å². The molecular formula is C29H37N7O3S. The number of hydrogen-bond acceptors (Lipinski definition) is 7. The van der Waals surface area contributed by atoms with Crippen molar-refractivity contribution in [3.8, 4) is 17.1 Å². The Hall–Kier alpha value is -3.73. The van der Waals surface area contributed by atoms with Crippen molar-refractivity contribution >= 4 is 39.0 Å². The van der Waals surface area contributed by atoms with Crippen LogP contribution in [-0.4, -0.2) is 55.5 Å². The van der Waals surface area contributed by atoms with Crippen molar-refractivity contribution in [1.82, 2.24) is 14.8 Å². The van der Waals surface area contributed by atoms with Crippen LogP contribution >= 0.6 is 0 Å². The van der Waals surface area contributed by atoms with E-state index in [9.17, 15) is 9.00 Å². The van der Waals surface area contributed by atoms with E-state index in [1.807, 2.05) is 32.2 Å². The lowest BCUT2D eigenvalue weighted by atomic mass is 10.1. The zero-order valence-corrected chi connectivity index (χ0v) is 24.2. The van der Waals surface area contributed by atoms with Gasteiger partial charge >= 0.3 is 0 Å². The number of carbonyl (C=O) groups is 1. The average Bonchev–Trinajstić information content (AvgIpc) is 3.45. The number of hydrogen-bond donors (Lipinski definition) is 3. The summed E-state index contributed by atoms with van der Waals surface area (Å²) in [4.78, 5) is 24.9. The zero-order chi connectivity index (χ0) is 27.9. The van der Waals surface area contributed by atoms with Crippen molar-refractivity contribution < 1.29 is 13.7 Å². The summed E-state index contributed by atoms with van der Waals surface area (Å²) in [6, 6.07) is 9.47. The first-order chi connectivity index (χ1) is 19.3. The van der Waals surface area contributed by atoms with Gasteiger partial charge in [0.1, 0.15) is 0 Å². The van der Waals surface area contributed by atoms with E-state index in [0.29, 0.717) is 47.9 Å². The predicted molar refractivity (Wildman–Crippen MR) is 161 cm³/mol. The minimum atomic E-state index is -2.43. The Balaban J connectivity index is 1.37. The Bertz CT molecular complexity index is 1520. The molecule has 11 heteroatoms. The molecule has 10 nitrogen and oxygen atoms in total. The number of aryl methyl sites for hydroxylation is 2. The minimum absolute atomic E-state index is 0.297. The van der Waals surface area contributed by atoms with Crippen LogP contribution in [0.4, 0.5) is 17.1 Å². The number of benzene rings is 1. The number of nitrogens with one attached hydrogen (secondary N) is 2. The van der Waals surface area contributed by atoms with Crippen LogP contribution in [0.1, 0.15) is 55.1 Å². The molecule has 2 bridgehead atoms. The zero-order valence-electron chi connectivity index (χ0n) is 23.3. The maximum Gasteiger partial charge on any atom is 0.280 e. The first-order valence-electron chi connectivity index (χ1n) is 14.1. The molecule has 212 valence electrons. The highest BCUT2D eigenvalue weighted by atomic mass is 32.3. The van der Waals surface area contributed by atoms with Gasteiger partial charge in [-0.1, -0.05) is 13.3 Å². The van der Waals surface area contributed by atoms with Gasteiger partial charge in [-0.2, -0.15) is 10.1 Å². The number of thiol groups is 1. The highest BCUT2D eigenvalue weighted by molar-refractivity contribution is 8.04. The quantitative estimate of drug-likeness (QED) is 0.392. The van der Waals surface area contributed by atoms with Gasteiger partial charge in [0.2, 0.25) is 11.8 Å². The fourth-order valence-corrected chi connectivity index (χ4v) is 8.27. The summed E-state index contributed by atoms with van der Waals surface area (Å²) < 4.78 is 24.6. The van der Waals surface area contributed by atoms with Gasteiger partial charge in [-0.25, -0.2) is 4.68 Å². The second kappa shape index (κ2) is 10.7. The number of fused-ring (bicyclic) bond motifs is 7. The average molecular weight is 564 g/mol. The smallest absolute Gasteiger partial charge is 0.280 e. The minimum Gasteiger partial charge on any atom is -0.477 e. The van der Waals surface area contributed by atoms with Crippen molar-refractivity contribution in [1.29, 1.82) is 0 Å². The van der Waals surface area contributed by atoms with Crippen LogP contribution in [0, 0.1) is 12.8 Å². The van der Waals surface area contributed by atoms with Gasteiger partial charge in [0.25, 0.3) is 5.91 Å². The van der Waals surface area contributed by atoms with Crippen molar-refractivity contribution in [2.75, 3.05) is 39.6 Å². The predicted octanol–water partition coefficient (Wildman–Crippen LogP) is 4.56. The normalized spacial score (nSPS) is 22.7. The first kappa shape index (κ1) is 26.5. The van der Waals surface area contributed by atoms with E-state index in [-0.39, 0.29) is 5.91 Å². The van der Waals surface area contributed by atoms with Gasteiger partial charge in [0.15, 0.2) is 0 Å². The maximum atomic E-state index is 13.5. The van der Waals surface area contributed by atoms with Crippen LogP contribution in [0.25, 0.3) is 11.3 Å². The molecule has 0 radical (unpaired) electrons. The molecule has 0 saturated carbocycles. The lowest BCUT2D eigenvalue weighted by molar-refractivity contribution is 0.100. The summed E-state index contributed by atoms with van der Waals surface area (Å²) in [6.45, 7) is 5.28. The summed E-state index contributed by atoms with van der Waals surface area (Å²) in [5, 5.41) is 7.74. The molecule has 1 atom stereocenters. The summed E-state index contributed by atoms with van der Waals surface area (Å²) in [7, 11) is -0.588. The molecule has 3 aromatic rings. The van der Waals surface area contributed by atoms with Crippen molar-refractivity contribution in [2.45, 2.75) is 46.0 Å². The monoisotopic (exact) mass is 563 g/mol. The van der Waals surface area contributed by atoms with Gasteiger partial charge < -0.3 is 19.7 Å². The summed E-state index contributed by atoms with van der Waals surface area (Å²) in [5.74, 6) is 2.55. The van der Waals surface area contributed by atoms with Crippen LogP contribution in [-0.2, 0) is 17.2 Å². The molecule has 6 rings (SSSR count). The van der Waals surface area contributed by atoms with E-state index in [4.69, 9.17) is 4.74 Å². The second-order valence-corrected chi connectivity index (χ2v) is 14.1. The standard InChI is InChI=1S/C29H37N7O3S/c1-19-8-7-11-39-28-23(17-30-35(28)3)25-15-21(14-20(2)31-25)27(37)33-29-32-24-10-9-22(16-26(24)36(29)18-19)34-40(38)12-5-4-6-13-40/h9-10,14-17,19,40H,4-8,11-13,18H2,1-3H3,(H,34,38)(H,32,33,37). The number of ether oxygens (including phenoxy) is 1. The first-order valence-corrected chi connectivity index (χ1v) is 16.2. The molecule has 1 amide bonds. The number of nitrogens with zero attached hydrogens (tertiary/aromatic N) is 5. The highest BCUT2D eigenvalue weighted by Gasteiger charge is 2.29. The Morgan fingerprint density at radius 2 is 1.95 bits per heavy atom. The van der Waals surface area contributed by atoms with Crippen molar-refractivity contribution in [2.24, 2.45) is 18.0 Å². The Morgan fingerprint density at radius 1 is 1.12 bits per heavy atom. The second-order valence-electron chi connectivity index (χ2n) is 11.2. The molecule has 1 fully saturated rings. The number of anilines is 3. The molecule has 40 heavy (non-hydrogen) atoms. The number of amides is 1. The van der Waals surface area contributed by atoms with E-state index in [1.165, 1.54) is 0 Å². The number of guanidine groups is 1. The molecule has 1 unspecified atom stereocenters. The lowest BCUT2D eigenvalue weighted by Gasteiger charge is -2.30. The van der Waals surface area contributed by atoms with E-state index < -0.39 is 10.1 Å². The van der Waals surface area contributed by atoms with E-state index >= 15 is 0 Å². The number of aromatic nitrogens is 3. The Kier molecular flexibility index (Phi) is 7.07. The van der Waals surface area contributed by atoms with Crippen LogP contribution in [0.5, 0.6) is 5.88 Å². The van der Waals surface area contributed by atoms with Gasteiger partial charge in [0, 0.05) is 42.0 Å². The maximum absolute atomic E-state index is 13.5. The summed E-state index contributed by atoms with van der Waals surface area (Å²) in [6.07, 6.45) is 6.66. The molecule has 2 N–H and O–H groups in total. The van der Waals surface area contributed by atoms with Gasteiger partial charge in [-0.3, -0.25) is 14.0 Å². The highest BCUT2D eigenvalue weighted by Crippen LogP contribution is 2.37. The number of carbonyl (C=O) groups excluding carboxylic acids is 1. The number of pyridine rings is 1. The molecule has 2 aromatic heterocycles. The fourth-order valence-electron chi connectivity index (χ4n) is 5.74.